The molecule has 0 saturated carbocycles. The summed E-state index contributed by atoms with van der Waals surface area (Å²) in [5, 5.41) is 4.16. The topological polar surface area (TPSA) is 104 Å². The zero-order valence-corrected chi connectivity index (χ0v) is 17.9. The first-order valence-electron chi connectivity index (χ1n) is 11.0. The van der Waals surface area contributed by atoms with Crippen molar-refractivity contribution >= 4 is 22.7 Å². The molecule has 2 atom stereocenters. The van der Waals surface area contributed by atoms with Crippen molar-refractivity contribution in [1.82, 2.24) is 5.32 Å². The van der Waals surface area contributed by atoms with E-state index in [1.165, 1.54) is 0 Å². The van der Waals surface area contributed by atoms with Crippen LogP contribution in [0.15, 0.2) is 46.9 Å². The van der Waals surface area contributed by atoms with Gasteiger partial charge < -0.3 is 19.6 Å². The Morgan fingerprint density at radius 2 is 1.91 bits per heavy atom. The monoisotopic (exact) mass is 434 g/mol. The number of furan rings is 1. The van der Waals surface area contributed by atoms with E-state index >= 15 is 0 Å². The quantitative estimate of drug-likeness (QED) is 0.574. The van der Waals surface area contributed by atoms with Crippen molar-refractivity contribution in [2.75, 3.05) is 13.2 Å². The van der Waals surface area contributed by atoms with E-state index in [0.717, 1.165) is 29.4 Å². The van der Waals surface area contributed by atoms with Crippen molar-refractivity contribution in [3.63, 3.8) is 0 Å². The lowest BCUT2D eigenvalue weighted by molar-refractivity contribution is 0.0255. The Kier molecular flexibility index (Phi) is 5.45. The van der Waals surface area contributed by atoms with Gasteiger partial charge >= 0.3 is 0 Å². The summed E-state index contributed by atoms with van der Waals surface area (Å²) >= 11 is 0. The number of carbonyl (C=O) groups excluding carboxylic acids is 2. The third kappa shape index (κ3) is 3.89. The number of fused-ring (bicyclic) bond motifs is 1. The molecule has 2 unspecified atom stereocenters. The van der Waals surface area contributed by atoms with E-state index in [0.29, 0.717) is 36.5 Å². The molecule has 0 aliphatic carbocycles. The van der Waals surface area contributed by atoms with E-state index in [4.69, 9.17) is 19.6 Å². The first-order valence-corrected chi connectivity index (χ1v) is 11.0. The highest BCUT2D eigenvalue weighted by Crippen LogP contribution is 2.38. The zero-order chi connectivity index (χ0) is 22.2. The fourth-order valence-electron chi connectivity index (χ4n) is 4.50. The van der Waals surface area contributed by atoms with Crippen LogP contribution in [-0.4, -0.2) is 37.0 Å². The van der Waals surface area contributed by atoms with Crippen molar-refractivity contribution in [1.29, 1.82) is 0 Å². The van der Waals surface area contributed by atoms with Crippen LogP contribution in [0.1, 0.15) is 57.3 Å². The van der Waals surface area contributed by atoms with Gasteiger partial charge in [0.15, 0.2) is 11.5 Å². The standard InChI is InChI=1S/C25H26N2O5/c1-14-5-6-18-21(11-14)32-24(25(26)29)22(18)19-13-20(27-19)23(28)15-3-2-4-17(12-15)31-16-7-9-30-10-8-16/h2-6,11-12,16,19-20,27H,7-10,13H2,1H3,(H2,26,29). The second-order valence-electron chi connectivity index (χ2n) is 8.54. The van der Waals surface area contributed by atoms with Gasteiger partial charge in [-0.3, -0.25) is 14.9 Å². The van der Waals surface area contributed by atoms with Crippen molar-refractivity contribution in [3.8, 4) is 5.75 Å². The van der Waals surface area contributed by atoms with Crippen LogP contribution < -0.4 is 15.8 Å². The molecule has 7 heteroatoms. The maximum Gasteiger partial charge on any atom is 0.284 e. The molecule has 2 fully saturated rings. The van der Waals surface area contributed by atoms with Gasteiger partial charge in [-0.15, -0.1) is 0 Å². The number of rotatable bonds is 6. The number of carbonyl (C=O) groups is 2. The lowest BCUT2D eigenvalue weighted by Crippen LogP contribution is -2.51. The van der Waals surface area contributed by atoms with Crippen LogP contribution in [0.25, 0.3) is 11.0 Å². The molecule has 5 rings (SSSR count). The molecular formula is C25H26N2O5. The summed E-state index contributed by atoms with van der Waals surface area (Å²) in [7, 11) is 0. The second kappa shape index (κ2) is 8.41. The van der Waals surface area contributed by atoms with E-state index in [1.807, 2.05) is 37.3 Å². The van der Waals surface area contributed by atoms with E-state index < -0.39 is 5.91 Å². The Morgan fingerprint density at radius 3 is 2.66 bits per heavy atom. The predicted molar refractivity (Wildman–Crippen MR) is 119 cm³/mol. The predicted octanol–water partition coefficient (Wildman–Crippen LogP) is 3.68. The Morgan fingerprint density at radius 1 is 1.12 bits per heavy atom. The first kappa shape index (κ1) is 20.7. The molecule has 0 radical (unpaired) electrons. The van der Waals surface area contributed by atoms with Crippen molar-refractivity contribution in [2.45, 2.75) is 44.4 Å². The number of Topliss-reactive ketones (excluding diaryl/α,β-unsaturated/α-hetero) is 1. The average molecular weight is 434 g/mol. The summed E-state index contributed by atoms with van der Waals surface area (Å²) in [6, 6.07) is 12.6. The van der Waals surface area contributed by atoms with Gasteiger partial charge in [-0.1, -0.05) is 24.3 Å². The van der Waals surface area contributed by atoms with Crippen LogP contribution >= 0.6 is 0 Å². The summed E-state index contributed by atoms with van der Waals surface area (Å²) in [5.74, 6) is 0.248. The molecule has 2 saturated heterocycles. The molecular weight excluding hydrogens is 408 g/mol. The number of hydrogen-bond acceptors (Lipinski definition) is 6. The molecule has 3 aromatic rings. The number of ether oxygens (including phenoxy) is 2. The van der Waals surface area contributed by atoms with Crippen LogP contribution in [0.5, 0.6) is 5.75 Å². The molecule has 2 aliphatic rings. The highest BCUT2D eigenvalue weighted by atomic mass is 16.5. The summed E-state index contributed by atoms with van der Waals surface area (Å²) in [4.78, 5) is 25.0. The van der Waals surface area contributed by atoms with Gasteiger partial charge in [0.1, 0.15) is 17.4 Å². The van der Waals surface area contributed by atoms with Gasteiger partial charge in [0.2, 0.25) is 0 Å². The van der Waals surface area contributed by atoms with Crippen molar-refractivity contribution in [2.24, 2.45) is 5.73 Å². The number of amides is 1. The number of primary amides is 1. The minimum Gasteiger partial charge on any atom is -0.490 e. The minimum absolute atomic E-state index is 0.00273. The van der Waals surface area contributed by atoms with Crippen LogP contribution in [0.3, 0.4) is 0 Å². The van der Waals surface area contributed by atoms with E-state index in [1.54, 1.807) is 12.1 Å². The molecule has 1 aromatic heterocycles. The van der Waals surface area contributed by atoms with Crippen LogP contribution in [0.4, 0.5) is 0 Å². The minimum atomic E-state index is -0.608. The Balaban J connectivity index is 1.31. The normalized spacial score (nSPS) is 21.3. The molecule has 3 heterocycles. The first-order chi connectivity index (χ1) is 15.5. The van der Waals surface area contributed by atoms with Crippen LogP contribution in [0.2, 0.25) is 0 Å². The summed E-state index contributed by atoms with van der Waals surface area (Å²) < 4.78 is 17.2. The molecule has 32 heavy (non-hydrogen) atoms. The fraction of sp³-hybridized carbons (Fsp3) is 0.360. The smallest absolute Gasteiger partial charge is 0.284 e. The number of ketones is 1. The Bertz CT molecular complexity index is 1170. The summed E-state index contributed by atoms with van der Waals surface area (Å²) in [5.41, 5.74) is 8.56. The average Bonchev–Trinajstić information content (AvgIpc) is 3.12. The third-order valence-electron chi connectivity index (χ3n) is 6.24. The Hall–Kier alpha value is -3.16. The lowest BCUT2D eigenvalue weighted by atomic mass is 9.85. The Labute approximate surface area is 185 Å². The fourth-order valence-corrected chi connectivity index (χ4v) is 4.50. The van der Waals surface area contributed by atoms with Gasteiger partial charge in [-0.05, 0) is 37.1 Å². The summed E-state index contributed by atoms with van der Waals surface area (Å²) in [6.07, 6.45) is 2.38. The van der Waals surface area contributed by atoms with Gasteiger partial charge in [0.05, 0.1) is 19.3 Å². The van der Waals surface area contributed by atoms with E-state index in [9.17, 15) is 9.59 Å². The maximum absolute atomic E-state index is 13.1. The van der Waals surface area contributed by atoms with Crippen molar-refractivity contribution < 1.29 is 23.5 Å². The third-order valence-corrected chi connectivity index (χ3v) is 6.24. The van der Waals surface area contributed by atoms with Crippen LogP contribution in [0, 0.1) is 6.92 Å². The number of benzene rings is 2. The number of hydrogen-bond donors (Lipinski definition) is 2. The van der Waals surface area contributed by atoms with Gasteiger partial charge in [-0.2, -0.15) is 0 Å². The molecule has 166 valence electrons. The van der Waals surface area contributed by atoms with Gasteiger partial charge in [0, 0.05) is 35.4 Å². The van der Waals surface area contributed by atoms with Gasteiger partial charge in [0.25, 0.3) is 5.91 Å². The summed E-state index contributed by atoms with van der Waals surface area (Å²) in [6.45, 7) is 3.36. The number of nitrogens with two attached hydrogens (primary N) is 1. The molecule has 2 aromatic carbocycles. The highest BCUT2D eigenvalue weighted by molar-refractivity contribution is 6.02. The SMILES string of the molecule is Cc1ccc2c(C3CC(C(=O)c4cccc(OC5CCOCC5)c4)N3)c(C(N)=O)oc2c1. The maximum atomic E-state index is 13.1. The van der Waals surface area contributed by atoms with E-state index in [-0.39, 0.29) is 29.7 Å². The number of aryl methyl sites for hydroxylation is 1. The molecule has 0 bridgehead atoms. The number of nitrogens with one attached hydrogen (secondary N) is 1. The molecule has 2 aliphatic heterocycles. The van der Waals surface area contributed by atoms with Crippen LogP contribution in [-0.2, 0) is 4.74 Å². The van der Waals surface area contributed by atoms with E-state index in [2.05, 4.69) is 5.32 Å². The largest absolute Gasteiger partial charge is 0.490 e. The van der Waals surface area contributed by atoms with Crippen molar-refractivity contribution in [3.05, 3.63) is 64.9 Å². The second-order valence-corrected chi connectivity index (χ2v) is 8.54. The molecule has 7 nitrogen and oxygen atoms in total. The highest BCUT2D eigenvalue weighted by Gasteiger charge is 2.39. The molecule has 0 spiro atoms. The lowest BCUT2D eigenvalue weighted by Gasteiger charge is -2.36. The van der Waals surface area contributed by atoms with Gasteiger partial charge in [-0.25, -0.2) is 0 Å². The molecule has 3 N–H and O–H groups in total. The molecule has 1 amide bonds. The zero-order valence-electron chi connectivity index (χ0n) is 17.9.